The van der Waals surface area contributed by atoms with Crippen LogP contribution in [0.5, 0.6) is 0 Å². The highest BCUT2D eigenvalue weighted by Gasteiger charge is 2.27. The minimum Gasteiger partial charge on any atom is -0.448 e. The van der Waals surface area contributed by atoms with Gasteiger partial charge in [-0.1, -0.05) is 34.6 Å². The molecule has 1 aliphatic rings. The topological polar surface area (TPSA) is 41.9 Å². The molecule has 0 radical (unpaired) electrons. The van der Waals surface area contributed by atoms with Crippen molar-refractivity contribution in [1.82, 2.24) is 4.90 Å². The smallest absolute Gasteiger partial charge is 0.435 e. The number of thioether (sulfide) groups is 1. The Morgan fingerprint density at radius 2 is 1.89 bits per heavy atom. The highest BCUT2D eigenvalue weighted by Crippen LogP contribution is 2.22. The van der Waals surface area contributed by atoms with E-state index in [0.29, 0.717) is 12.5 Å². The first-order valence-electron chi connectivity index (χ1n) is 6.89. The number of rotatable bonds is 2. The standard InChI is InChI=1S/C14H26N2O2S/c1-11(2)10-18-13(17)15-12(14(3,4)5)16-6-8-19-9-7-16/h11H,6-10H2,1-5H3. The van der Waals surface area contributed by atoms with E-state index >= 15 is 0 Å². The summed E-state index contributed by atoms with van der Waals surface area (Å²) >= 11 is 1.95. The van der Waals surface area contributed by atoms with Crippen molar-refractivity contribution in [3.63, 3.8) is 0 Å². The molecule has 0 aromatic carbocycles. The summed E-state index contributed by atoms with van der Waals surface area (Å²) in [5.74, 6) is 3.37. The molecule has 0 bridgehead atoms. The van der Waals surface area contributed by atoms with E-state index in [4.69, 9.17) is 4.74 Å². The number of ether oxygens (including phenoxy) is 1. The van der Waals surface area contributed by atoms with Gasteiger partial charge in [0, 0.05) is 30.0 Å². The molecule has 19 heavy (non-hydrogen) atoms. The lowest BCUT2D eigenvalue weighted by Crippen LogP contribution is -2.44. The van der Waals surface area contributed by atoms with Crippen LogP contribution in [0, 0.1) is 11.3 Å². The number of nitrogens with zero attached hydrogens (tertiary/aromatic N) is 2. The second-order valence-corrected chi connectivity index (χ2v) is 7.48. The van der Waals surface area contributed by atoms with E-state index < -0.39 is 6.09 Å². The molecule has 0 aliphatic carbocycles. The van der Waals surface area contributed by atoms with Gasteiger partial charge in [-0.05, 0) is 5.92 Å². The maximum absolute atomic E-state index is 11.8. The maximum atomic E-state index is 11.8. The van der Waals surface area contributed by atoms with Crippen molar-refractivity contribution in [2.75, 3.05) is 31.2 Å². The van der Waals surface area contributed by atoms with Crippen molar-refractivity contribution >= 4 is 23.7 Å². The third-order valence-corrected chi connectivity index (χ3v) is 3.66. The van der Waals surface area contributed by atoms with Gasteiger partial charge < -0.3 is 9.64 Å². The molecule has 0 aromatic heterocycles. The fourth-order valence-corrected chi connectivity index (χ4v) is 2.75. The zero-order chi connectivity index (χ0) is 14.5. The van der Waals surface area contributed by atoms with Crippen LogP contribution in [0.25, 0.3) is 0 Å². The molecule has 1 rings (SSSR count). The number of hydrogen-bond donors (Lipinski definition) is 0. The Kier molecular flexibility index (Phi) is 6.17. The summed E-state index contributed by atoms with van der Waals surface area (Å²) in [5, 5.41) is 0. The molecule has 1 fully saturated rings. The average molecular weight is 286 g/mol. The first kappa shape index (κ1) is 16.3. The summed E-state index contributed by atoms with van der Waals surface area (Å²) in [7, 11) is 0. The molecule has 1 amide bonds. The monoisotopic (exact) mass is 286 g/mol. The number of hydrogen-bond acceptors (Lipinski definition) is 3. The largest absolute Gasteiger partial charge is 0.448 e. The molecule has 1 aliphatic heterocycles. The van der Waals surface area contributed by atoms with Crippen molar-refractivity contribution in [2.45, 2.75) is 34.6 Å². The highest BCUT2D eigenvalue weighted by molar-refractivity contribution is 7.99. The van der Waals surface area contributed by atoms with Gasteiger partial charge in [-0.25, -0.2) is 4.79 Å². The van der Waals surface area contributed by atoms with E-state index in [0.717, 1.165) is 30.4 Å². The van der Waals surface area contributed by atoms with Crippen molar-refractivity contribution in [2.24, 2.45) is 16.3 Å². The normalized spacial score (nSPS) is 17.8. The summed E-state index contributed by atoms with van der Waals surface area (Å²) < 4.78 is 5.16. The summed E-state index contributed by atoms with van der Waals surface area (Å²) in [6, 6.07) is 0. The Morgan fingerprint density at radius 1 is 1.32 bits per heavy atom. The van der Waals surface area contributed by atoms with Gasteiger partial charge in [-0.15, -0.1) is 0 Å². The second-order valence-electron chi connectivity index (χ2n) is 6.26. The van der Waals surface area contributed by atoms with Crippen molar-refractivity contribution in [3.8, 4) is 0 Å². The van der Waals surface area contributed by atoms with Gasteiger partial charge in [0.1, 0.15) is 5.84 Å². The average Bonchev–Trinajstić information content (AvgIpc) is 2.33. The van der Waals surface area contributed by atoms with Gasteiger partial charge in [0.15, 0.2) is 0 Å². The summed E-state index contributed by atoms with van der Waals surface area (Å²) in [6.45, 7) is 12.6. The minimum atomic E-state index is -0.461. The number of carbonyl (C=O) groups is 1. The first-order valence-corrected chi connectivity index (χ1v) is 8.05. The van der Waals surface area contributed by atoms with Gasteiger partial charge >= 0.3 is 6.09 Å². The van der Waals surface area contributed by atoms with Crippen LogP contribution < -0.4 is 0 Å². The highest BCUT2D eigenvalue weighted by atomic mass is 32.2. The predicted molar refractivity (Wildman–Crippen MR) is 82.0 cm³/mol. The Hall–Kier alpha value is -0.710. The minimum absolute atomic E-state index is 0.140. The molecule has 0 N–H and O–H groups in total. The fourth-order valence-electron chi connectivity index (χ4n) is 1.84. The zero-order valence-corrected chi connectivity index (χ0v) is 13.5. The predicted octanol–water partition coefficient (Wildman–Crippen LogP) is 3.27. The van der Waals surface area contributed by atoms with Crippen LogP contribution in [0.4, 0.5) is 4.79 Å². The van der Waals surface area contributed by atoms with Gasteiger partial charge in [0.25, 0.3) is 0 Å². The fraction of sp³-hybridized carbons (Fsp3) is 0.857. The van der Waals surface area contributed by atoms with E-state index in [9.17, 15) is 4.79 Å². The van der Waals surface area contributed by atoms with E-state index in [-0.39, 0.29) is 5.41 Å². The van der Waals surface area contributed by atoms with Crippen molar-refractivity contribution in [1.29, 1.82) is 0 Å². The van der Waals surface area contributed by atoms with Gasteiger partial charge in [0.2, 0.25) is 0 Å². The summed E-state index contributed by atoms with van der Waals surface area (Å²) in [5.41, 5.74) is -0.140. The molecule has 0 spiro atoms. The molecule has 5 heteroatoms. The molecule has 0 saturated carbocycles. The van der Waals surface area contributed by atoms with E-state index in [1.165, 1.54) is 0 Å². The molecular formula is C14H26N2O2S. The first-order chi connectivity index (χ1) is 8.80. The van der Waals surface area contributed by atoms with Crippen LogP contribution in [-0.4, -0.2) is 48.0 Å². The third-order valence-electron chi connectivity index (χ3n) is 2.72. The SMILES string of the molecule is CC(C)COC(=O)N=C(N1CCSCC1)C(C)(C)C. The molecule has 0 atom stereocenters. The Balaban J connectivity index is 2.75. The van der Waals surface area contributed by atoms with Crippen LogP contribution in [0.15, 0.2) is 4.99 Å². The van der Waals surface area contributed by atoms with Crippen LogP contribution in [0.3, 0.4) is 0 Å². The maximum Gasteiger partial charge on any atom is 0.435 e. The van der Waals surface area contributed by atoms with Gasteiger partial charge in [-0.2, -0.15) is 16.8 Å². The Morgan fingerprint density at radius 3 is 2.37 bits per heavy atom. The third kappa shape index (κ3) is 5.85. The number of amides is 1. The van der Waals surface area contributed by atoms with Crippen molar-refractivity contribution in [3.05, 3.63) is 0 Å². The van der Waals surface area contributed by atoms with E-state index in [2.05, 4.69) is 30.7 Å². The summed E-state index contributed by atoms with van der Waals surface area (Å²) in [4.78, 5) is 18.2. The summed E-state index contributed by atoms with van der Waals surface area (Å²) in [6.07, 6.45) is -0.461. The Bertz CT molecular complexity index is 329. The van der Waals surface area contributed by atoms with E-state index in [1.807, 2.05) is 25.6 Å². The molecule has 0 aromatic rings. The van der Waals surface area contributed by atoms with Crippen LogP contribution in [0.1, 0.15) is 34.6 Å². The zero-order valence-electron chi connectivity index (χ0n) is 12.7. The molecule has 0 unspecified atom stereocenters. The lowest BCUT2D eigenvalue weighted by Gasteiger charge is -2.35. The van der Waals surface area contributed by atoms with Crippen LogP contribution in [0.2, 0.25) is 0 Å². The number of aliphatic imine (C=N–C) groups is 1. The lowest BCUT2D eigenvalue weighted by atomic mass is 9.94. The molecule has 1 saturated heterocycles. The number of carbonyl (C=O) groups excluding carboxylic acids is 1. The van der Waals surface area contributed by atoms with E-state index in [1.54, 1.807) is 0 Å². The molecule has 1 heterocycles. The lowest BCUT2D eigenvalue weighted by molar-refractivity contribution is 0.142. The van der Waals surface area contributed by atoms with Gasteiger partial charge in [0.05, 0.1) is 6.61 Å². The number of amidine groups is 1. The quantitative estimate of drug-likeness (QED) is 0.577. The van der Waals surface area contributed by atoms with Gasteiger partial charge in [-0.3, -0.25) is 0 Å². The van der Waals surface area contributed by atoms with Crippen molar-refractivity contribution < 1.29 is 9.53 Å². The molecular weight excluding hydrogens is 260 g/mol. The second kappa shape index (κ2) is 7.17. The Labute approximate surface area is 121 Å². The van der Waals surface area contributed by atoms with Crippen LogP contribution >= 0.6 is 11.8 Å². The van der Waals surface area contributed by atoms with Crippen LogP contribution in [-0.2, 0) is 4.74 Å². The molecule has 4 nitrogen and oxygen atoms in total. The molecule has 110 valence electrons.